The summed E-state index contributed by atoms with van der Waals surface area (Å²) in [6.07, 6.45) is 5.86. The minimum atomic E-state index is -0.00709. The van der Waals surface area contributed by atoms with E-state index in [1.165, 1.54) is 18.2 Å². The molecule has 2 atom stereocenters. The zero-order valence-electron chi connectivity index (χ0n) is 15.4. The molecule has 0 heterocycles. The van der Waals surface area contributed by atoms with Gasteiger partial charge in [-0.25, -0.2) is 0 Å². The van der Waals surface area contributed by atoms with Crippen LogP contribution in [0.1, 0.15) is 23.1 Å². The summed E-state index contributed by atoms with van der Waals surface area (Å²) in [6.45, 7) is 1.93. The van der Waals surface area contributed by atoms with Crippen LogP contribution < -0.4 is 9.82 Å². The number of rotatable bonds is 9. The number of hydrogen-bond donors (Lipinski definition) is 2. The highest BCUT2D eigenvalue weighted by Crippen LogP contribution is 2.34. The molecule has 2 aromatic carbocycles. The smallest absolute Gasteiger partial charge is 0.170 e. The molecular weight excluding hydrogens is 359 g/mol. The summed E-state index contributed by atoms with van der Waals surface area (Å²) in [4.78, 5) is 10.5. The number of nitrogens with one attached hydrogen (secondary N) is 1. The molecule has 0 aliphatic heterocycles. The Labute approximate surface area is 161 Å². The summed E-state index contributed by atoms with van der Waals surface area (Å²) in [6, 6.07) is 12.6. The molecule has 0 saturated heterocycles. The van der Waals surface area contributed by atoms with Crippen LogP contribution in [-0.4, -0.2) is 24.1 Å². The van der Waals surface area contributed by atoms with Gasteiger partial charge in [0.05, 0.1) is 11.6 Å². The van der Waals surface area contributed by atoms with Gasteiger partial charge in [0, 0.05) is 6.07 Å². The third kappa shape index (κ3) is 6.21. The van der Waals surface area contributed by atoms with E-state index in [9.17, 15) is 9.90 Å². The SMILES string of the molecule is CNPC(C/C=C\C=O)Cc1ccc(C)c(Oc2cc(C#N)ccc2O)c1. The van der Waals surface area contributed by atoms with E-state index in [0.29, 0.717) is 25.7 Å². The Bertz CT molecular complexity index is 859. The number of nitriles is 1. The van der Waals surface area contributed by atoms with E-state index >= 15 is 0 Å². The summed E-state index contributed by atoms with van der Waals surface area (Å²) in [5.74, 6) is 0.900. The summed E-state index contributed by atoms with van der Waals surface area (Å²) in [5, 5.41) is 22.3. The first-order valence-electron chi connectivity index (χ1n) is 8.60. The molecule has 0 fully saturated rings. The first-order chi connectivity index (χ1) is 13.1. The molecule has 2 N–H and O–H groups in total. The maximum absolute atomic E-state index is 10.5. The van der Waals surface area contributed by atoms with Crippen LogP contribution in [0.15, 0.2) is 48.6 Å². The Morgan fingerprint density at radius 1 is 1.30 bits per heavy atom. The largest absolute Gasteiger partial charge is 0.504 e. The number of aromatic hydroxyl groups is 1. The van der Waals surface area contributed by atoms with Crippen molar-refractivity contribution in [3.63, 3.8) is 0 Å². The molecule has 2 rings (SSSR count). The highest BCUT2D eigenvalue weighted by Gasteiger charge is 2.12. The fraction of sp³-hybridized carbons (Fsp3) is 0.238. The molecule has 0 aliphatic rings. The standard InChI is InChI=1S/C21H23N2O3P/c1-15-6-7-16(11-18(27-23-2)5-3-4-10-24)12-20(15)26-21-13-17(14-22)8-9-19(21)25/h3-4,6-10,12-13,18,23,25,27H,5,11H2,1-2H3/b4-3-. The van der Waals surface area contributed by atoms with Gasteiger partial charge in [0.15, 0.2) is 11.5 Å². The van der Waals surface area contributed by atoms with Crippen molar-refractivity contribution in [2.75, 3.05) is 7.05 Å². The van der Waals surface area contributed by atoms with E-state index < -0.39 is 0 Å². The summed E-state index contributed by atoms with van der Waals surface area (Å²) >= 11 is 0. The van der Waals surface area contributed by atoms with Crippen LogP contribution in [0.5, 0.6) is 17.2 Å². The number of aryl methyl sites for hydroxylation is 1. The second-order valence-corrected chi connectivity index (χ2v) is 7.70. The van der Waals surface area contributed by atoms with Gasteiger partial charge < -0.3 is 14.9 Å². The molecule has 2 aromatic rings. The molecule has 0 radical (unpaired) electrons. The number of nitrogens with zero attached hydrogens (tertiary/aromatic N) is 1. The van der Waals surface area contributed by atoms with Crippen molar-refractivity contribution in [3.8, 4) is 23.3 Å². The van der Waals surface area contributed by atoms with Gasteiger partial charge in [-0.05, 0) is 67.9 Å². The molecule has 6 heteroatoms. The average molecular weight is 382 g/mol. The van der Waals surface area contributed by atoms with Crippen LogP contribution in [-0.2, 0) is 11.2 Å². The maximum Gasteiger partial charge on any atom is 0.170 e. The van der Waals surface area contributed by atoms with Crippen molar-refractivity contribution in [3.05, 3.63) is 65.2 Å². The van der Waals surface area contributed by atoms with Gasteiger partial charge in [-0.15, -0.1) is 0 Å². The van der Waals surface area contributed by atoms with Gasteiger partial charge >= 0.3 is 0 Å². The minimum Gasteiger partial charge on any atom is -0.504 e. The fourth-order valence-corrected chi connectivity index (χ4v) is 3.65. The molecule has 0 spiro atoms. The minimum absolute atomic E-state index is 0.00709. The Kier molecular flexibility index (Phi) is 8.00. The number of phenols is 1. The van der Waals surface area contributed by atoms with Gasteiger partial charge in [0.1, 0.15) is 12.0 Å². The van der Waals surface area contributed by atoms with Crippen molar-refractivity contribution in [2.24, 2.45) is 0 Å². The summed E-state index contributed by atoms with van der Waals surface area (Å²) < 4.78 is 5.89. The van der Waals surface area contributed by atoms with Crippen LogP contribution in [0.3, 0.4) is 0 Å². The van der Waals surface area contributed by atoms with Gasteiger partial charge in [-0.2, -0.15) is 5.26 Å². The molecular formula is C21H23N2O3P. The third-order valence-corrected chi connectivity index (χ3v) is 5.16. The fourth-order valence-electron chi connectivity index (χ4n) is 2.65. The van der Waals surface area contributed by atoms with Gasteiger partial charge in [0.2, 0.25) is 0 Å². The lowest BCUT2D eigenvalue weighted by molar-refractivity contribution is -0.104. The van der Waals surface area contributed by atoms with E-state index in [1.807, 2.05) is 38.2 Å². The van der Waals surface area contributed by atoms with Crippen LogP contribution in [0.2, 0.25) is 0 Å². The number of hydrogen-bond acceptors (Lipinski definition) is 5. The van der Waals surface area contributed by atoms with Crippen molar-refractivity contribution < 1.29 is 14.6 Å². The first kappa shape index (κ1) is 20.6. The van der Waals surface area contributed by atoms with Crippen LogP contribution >= 0.6 is 8.73 Å². The number of carbonyl (C=O) groups is 1. The number of phenolic OH excluding ortho intramolecular Hbond substituents is 1. The monoisotopic (exact) mass is 382 g/mol. The zero-order chi connectivity index (χ0) is 19.6. The molecule has 0 amide bonds. The van der Waals surface area contributed by atoms with Gasteiger partial charge in [0.25, 0.3) is 0 Å². The second-order valence-electron chi connectivity index (χ2n) is 6.09. The summed E-state index contributed by atoms with van der Waals surface area (Å²) in [5.41, 5.74) is 2.85. The van der Waals surface area contributed by atoms with Crippen molar-refractivity contribution in [1.82, 2.24) is 5.09 Å². The third-order valence-electron chi connectivity index (χ3n) is 4.03. The highest BCUT2D eigenvalue weighted by molar-refractivity contribution is 7.36. The van der Waals surface area contributed by atoms with Crippen LogP contribution in [0.25, 0.3) is 0 Å². The topological polar surface area (TPSA) is 82.3 Å². The van der Waals surface area contributed by atoms with Crippen molar-refractivity contribution >= 4 is 15.0 Å². The Hall–Kier alpha value is -2.67. The molecule has 0 aliphatic carbocycles. The quantitative estimate of drug-likeness (QED) is 0.385. The Morgan fingerprint density at radius 3 is 2.81 bits per heavy atom. The zero-order valence-corrected chi connectivity index (χ0v) is 16.4. The highest BCUT2D eigenvalue weighted by atomic mass is 31.1. The van der Waals surface area contributed by atoms with E-state index in [0.717, 1.165) is 30.3 Å². The number of carbonyl (C=O) groups excluding carboxylic acids is 1. The Morgan fingerprint density at radius 2 is 2.11 bits per heavy atom. The van der Waals surface area contributed by atoms with E-state index in [-0.39, 0.29) is 11.5 Å². The van der Waals surface area contributed by atoms with Crippen molar-refractivity contribution in [1.29, 1.82) is 5.26 Å². The first-order valence-corrected chi connectivity index (χ1v) is 9.68. The lowest BCUT2D eigenvalue weighted by atomic mass is 10.0. The van der Waals surface area contributed by atoms with Gasteiger partial charge in [-0.1, -0.05) is 26.9 Å². The number of allylic oxidation sites excluding steroid dienone is 2. The predicted octanol–water partition coefficient (Wildman–Crippen LogP) is 4.23. The normalized spacial score (nSPS) is 12.3. The maximum atomic E-state index is 10.5. The molecule has 27 heavy (non-hydrogen) atoms. The van der Waals surface area contributed by atoms with Crippen LogP contribution in [0.4, 0.5) is 0 Å². The molecule has 2 unspecified atom stereocenters. The van der Waals surface area contributed by atoms with Crippen LogP contribution in [0, 0.1) is 18.3 Å². The predicted molar refractivity (Wildman–Crippen MR) is 109 cm³/mol. The molecule has 5 nitrogen and oxygen atoms in total. The van der Waals surface area contributed by atoms with Crippen molar-refractivity contribution in [2.45, 2.75) is 25.4 Å². The number of aldehydes is 1. The lowest BCUT2D eigenvalue weighted by Crippen LogP contribution is -2.09. The average Bonchev–Trinajstić information content (AvgIpc) is 2.66. The molecule has 0 aromatic heterocycles. The number of benzene rings is 2. The number of ether oxygens (including phenoxy) is 1. The van der Waals surface area contributed by atoms with E-state index in [2.05, 4.69) is 11.2 Å². The van der Waals surface area contributed by atoms with E-state index in [4.69, 9.17) is 10.00 Å². The molecule has 0 saturated carbocycles. The van der Waals surface area contributed by atoms with E-state index in [1.54, 1.807) is 6.07 Å². The summed E-state index contributed by atoms with van der Waals surface area (Å²) in [7, 11) is 2.49. The second kappa shape index (κ2) is 10.5. The Balaban J connectivity index is 2.21. The molecule has 0 bridgehead atoms. The lowest BCUT2D eigenvalue weighted by Gasteiger charge is -2.16. The van der Waals surface area contributed by atoms with Gasteiger partial charge in [-0.3, -0.25) is 4.79 Å². The molecule has 140 valence electrons.